The molecule has 28 heavy (non-hydrogen) atoms. The van der Waals surface area contributed by atoms with Gasteiger partial charge < -0.3 is 0 Å². The molecule has 1 fully saturated rings. The van der Waals surface area contributed by atoms with Crippen molar-refractivity contribution in [2.75, 3.05) is 0 Å². The molecule has 1 saturated carbocycles. The van der Waals surface area contributed by atoms with Gasteiger partial charge >= 0.3 is 0 Å². The van der Waals surface area contributed by atoms with Gasteiger partial charge in [-0.2, -0.15) is 8.42 Å². The lowest BCUT2D eigenvalue weighted by atomic mass is 9.91. The molecule has 2 aliphatic carbocycles. The van der Waals surface area contributed by atoms with Gasteiger partial charge in [0.1, 0.15) is 4.90 Å². The van der Waals surface area contributed by atoms with Gasteiger partial charge in [-0.1, -0.05) is 41.6 Å². The van der Waals surface area contributed by atoms with E-state index in [2.05, 4.69) is 20.1 Å². The first-order chi connectivity index (χ1) is 13.4. The summed E-state index contributed by atoms with van der Waals surface area (Å²) in [6, 6.07) is 3.70. The fraction of sp³-hybridized carbons (Fsp3) is 0.375. The number of hydrogen-bond donors (Lipinski definition) is 0. The van der Waals surface area contributed by atoms with Gasteiger partial charge in [0.2, 0.25) is 11.6 Å². The Morgan fingerprint density at radius 1 is 0.964 bits per heavy atom. The number of nitrogens with zero attached hydrogens (tertiary/aromatic N) is 6. The van der Waals surface area contributed by atoms with Crippen LogP contribution in [0.1, 0.15) is 48.0 Å². The van der Waals surface area contributed by atoms with Gasteiger partial charge in [0.25, 0.3) is 10.1 Å². The third kappa shape index (κ3) is 3.49. The molecule has 0 radical (unpaired) electrons. The number of ketones is 2. The van der Waals surface area contributed by atoms with Crippen molar-refractivity contribution < 1.29 is 22.2 Å². The van der Waals surface area contributed by atoms with Gasteiger partial charge in [-0.25, -0.2) is 0 Å². The average Bonchev–Trinajstić information content (AvgIpc) is 2.68. The van der Waals surface area contributed by atoms with Crippen LogP contribution in [-0.4, -0.2) is 26.1 Å². The Labute approximate surface area is 159 Å². The number of carbonyl (C=O) groups excluding carboxylic acids is 2. The van der Waals surface area contributed by atoms with E-state index in [4.69, 9.17) is 15.2 Å². The Morgan fingerprint density at radius 2 is 1.61 bits per heavy atom. The van der Waals surface area contributed by atoms with Crippen molar-refractivity contribution >= 4 is 27.4 Å². The third-order valence-electron chi connectivity index (χ3n) is 4.53. The summed E-state index contributed by atoms with van der Waals surface area (Å²) in [6.07, 6.45) is 3.33. The maximum Gasteiger partial charge on any atom is 0.297 e. The molecule has 0 bridgehead atoms. The van der Waals surface area contributed by atoms with E-state index in [0.717, 1.165) is 19.3 Å². The minimum atomic E-state index is -4.35. The second-order valence-electron chi connectivity index (χ2n) is 6.22. The van der Waals surface area contributed by atoms with Crippen molar-refractivity contribution in [1.82, 2.24) is 0 Å². The molecule has 0 N–H and O–H groups in total. The summed E-state index contributed by atoms with van der Waals surface area (Å²) in [6.45, 7) is 0. The minimum Gasteiger partial charge on any atom is -0.285 e. The standard InChI is InChI=1S/C16H14N6O5S/c17-21-19-13-12-10(15(23)16(24)14(13)20-22-18)7-4-8-11(12)28(25,26)27-9-5-2-1-3-6-9/h4,7-9H,1-3,5-6H2. The van der Waals surface area contributed by atoms with Crippen LogP contribution in [0.2, 0.25) is 0 Å². The largest absolute Gasteiger partial charge is 0.297 e. The highest BCUT2D eigenvalue weighted by Gasteiger charge is 2.37. The molecule has 0 aliphatic heterocycles. The molecule has 11 nitrogen and oxygen atoms in total. The van der Waals surface area contributed by atoms with Gasteiger partial charge in [-0.05, 0) is 30.0 Å². The SMILES string of the molecule is [N-]=[N+]=NC1=C(N=[N+]=[N-])c2c(cccc2S(=O)(=O)OC2CCCCC2)C(=O)C1=O. The third-order valence-corrected chi connectivity index (χ3v) is 5.93. The van der Waals surface area contributed by atoms with E-state index in [1.54, 1.807) is 0 Å². The molecule has 0 spiro atoms. The summed E-state index contributed by atoms with van der Waals surface area (Å²) >= 11 is 0. The first kappa shape index (κ1) is 19.6. The predicted octanol–water partition coefficient (Wildman–Crippen LogP) is 3.78. The summed E-state index contributed by atoms with van der Waals surface area (Å²) < 4.78 is 31.1. The summed E-state index contributed by atoms with van der Waals surface area (Å²) in [5, 5.41) is 6.48. The summed E-state index contributed by atoms with van der Waals surface area (Å²) in [5.41, 5.74) is 15.7. The summed E-state index contributed by atoms with van der Waals surface area (Å²) in [5.74, 6) is -2.25. The molecule has 1 aromatic carbocycles. The first-order valence-electron chi connectivity index (χ1n) is 8.41. The average molecular weight is 402 g/mol. The van der Waals surface area contributed by atoms with Crippen molar-refractivity contribution in [2.24, 2.45) is 10.2 Å². The first-order valence-corrected chi connectivity index (χ1v) is 9.81. The Hall–Kier alpha value is -3.17. The zero-order valence-corrected chi connectivity index (χ0v) is 15.3. The molecule has 0 heterocycles. The molecular weight excluding hydrogens is 388 g/mol. The number of rotatable bonds is 5. The van der Waals surface area contributed by atoms with E-state index in [1.165, 1.54) is 18.2 Å². The van der Waals surface area contributed by atoms with Crippen LogP contribution < -0.4 is 0 Å². The number of hydrogen-bond acceptors (Lipinski definition) is 7. The van der Waals surface area contributed by atoms with Crippen LogP contribution in [0.25, 0.3) is 26.6 Å². The van der Waals surface area contributed by atoms with E-state index in [-0.39, 0.29) is 11.1 Å². The fourth-order valence-corrected chi connectivity index (χ4v) is 4.66. The second-order valence-corrected chi connectivity index (χ2v) is 7.76. The van der Waals surface area contributed by atoms with Gasteiger partial charge in [0.05, 0.1) is 17.5 Å². The monoisotopic (exact) mass is 402 g/mol. The van der Waals surface area contributed by atoms with E-state index < -0.39 is 44.1 Å². The second kappa shape index (κ2) is 7.83. The number of azide groups is 2. The van der Waals surface area contributed by atoms with Crippen LogP contribution in [0.4, 0.5) is 0 Å². The highest BCUT2D eigenvalue weighted by atomic mass is 32.2. The zero-order chi connectivity index (χ0) is 20.3. The van der Waals surface area contributed by atoms with Crippen LogP contribution in [0, 0.1) is 0 Å². The molecule has 0 unspecified atom stereocenters. The Morgan fingerprint density at radius 3 is 2.25 bits per heavy atom. The van der Waals surface area contributed by atoms with Crippen LogP contribution in [0.3, 0.4) is 0 Å². The Kier molecular flexibility index (Phi) is 5.48. The van der Waals surface area contributed by atoms with Crippen LogP contribution in [0.15, 0.2) is 39.0 Å². The molecule has 0 atom stereocenters. The van der Waals surface area contributed by atoms with Crippen molar-refractivity contribution in [2.45, 2.75) is 43.1 Å². The molecule has 3 rings (SSSR count). The van der Waals surface area contributed by atoms with E-state index in [1.807, 2.05) is 0 Å². The smallest absolute Gasteiger partial charge is 0.285 e. The highest BCUT2D eigenvalue weighted by molar-refractivity contribution is 7.86. The molecular formula is C16H14N6O5S. The van der Waals surface area contributed by atoms with Gasteiger partial charge in [0, 0.05) is 21.0 Å². The lowest BCUT2D eigenvalue weighted by Gasteiger charge is -2.23. The highest BCUT2D eigenvalue weighted by Crippen LogP contribution is 2.37. The Balaban J connectivity index is 2.23. The normalized spacial score (nSPS) is 17.6. The lowest BCUT2D eigenvalue weighted by Crippen LogP contribution is -2.26. The van der Waals surface area contributed by atoms with Crippen molar-refractivity contribution in [3.05, 3.63) is 55.9 Å². The van der Waals surface area contributed by atoms with Crippen LogP contribution in [-0.2, 0) is 19.1 Å². The summed E-state index contributed by atoms with van der Waals surface area (Å²) in [4.78, 5) is 29.2. The minimum absolute atomic E-state index is 0.266. The van der Waals surface area contributed by atoms with Crippen molar-refractivity contribution in [3.8, 4) is 0 Å². The van der Waals surface area contributed by atoms with Crippen LogP contribution >= 0.6 is 0 Å². The van der Waals surface area contributed by atoms with Gasteiger partial charge in [0.15, 0.2) is 0 Å². The molecule has 1 aromatic rings. The van der Waals surface area contributed by atoms with E-state index >= 15 is 0 Å². The molecule has 0 aromatic heterocycles. The number of fused-ring (bicyclic) bond motifs is 1. The summed E-state index contributed by atoms with van der Waals surface area (Å²) in [7, 11) is -4.35. The lowest BCUT2D eigenvalue weighted by molar-refractivity contribution is -0.111. The van der Waals surface area contributed by atoms with Crippen molar-refractivity contribution in [1.29, 1.82) is 0 Å². The Bertz CT molecular complexity index is 1090. The molecule has 2 aliphatic rings. The maximum absolute atomic E-state index is 12.9. The quantitative estimate of drug-likeness (QED) is 0.239. The van der Waals surface area contributed by atoms with Gasteiger partial charge in [-0.3, -0.25) is 13.8 Å². The number of Topliss-reactive ketones (excluding diaryl/α,β-unsaturated/α-hetero) is 2. The number of benzene rings is 1. The van der Waals surface area contributed by atoms with Crippen LogP contribution in [0.5, 0.6) is 0 Å². The van der Waals surface area contributed by atoms with Crippen molar-refractivity contribution in [3.63, 3.8) is 0 Å². The number of allylic oxidation sites excluding steroid dienone is 1. The zero-order valence-electron chi connectivity index (χ0n) is 14.5. The molecule has 12 heteroatoms. The maximum atomic E-state index is 12.9. The topological polar surface area (TPSA) is 175 Å². The number of carbonyl (C=O) groups is 2. The molecule has 0 saturated heterocycles. The molecule has 144 valence electrons. The van der Waals surface area contributed by atoms with Gasteiger partial charge in [-0.15, -0.1) is 0 Å². The van der Waals surface area contributed by atoms with E-state index in [0.29, 0.717) is 12.8 Å². The predicted molar refractivity (Wildman–Crippen MR) is 96.1 cm³/mol. The van der Waals surface area contributed by atoms with E-state index in [9.17, 15) is 18.0 Å². The fourth-order valence-electron chi connectivity index (χ4n) is 3.30. The molecule has 0 amide bonds.